The molecule has 0 saturated heterocycles. The molecular formula is C16H22N2O2. The van der Waals surface area contributed by atoms with Crippen LogP contribution in [0.5, 0.6) is 0 Å². The van der Waals surface area contributed by atoms with E-state index in [9.17, 15) is 9.59 Å². The Morgan fingerprint density at radius 1 is 1.35 bits per heavy atom. The Kier molecular flexibility index (Phi) is 4.42. The van der Waals surface area contributed by atoms with Gasteiger partial charge in [0.05, 0.1) is 0 Å². The minimum absolute atomic E-state index is 0.0583. The minimum atomic E-state index is -0.405. The maximum Gasteiger partial charge on any atom is 0.243 e. The molecule has 1 aliphatic heterocycles. The SMILES string of the molecule is CC(=O)N1c2ccccc2C[C@H]1C(=O)NCCC(C)C. The number of carbonyl (C=O) groups excluding carboxylic acids is 2. The van der Waals surface area contributed by atoms with Crippen molar-refractivity contribution in [2.24, 2.45) is 5.92 Å². The first kappa shape index (κ1) is 14.6. The summed E-state index contributed by atoms with van der Waals surface area (Å²) in [6.45, 7) is 6.42. The van der Waals surface area contributed by atoms with Crippen LogP contribution in [0.25, 0.3) is 0 Å². The lowest BCUT2D eigenvalue weighted by molar-refractivity contribution is -0.125. The Bertz CT molecular complexity index is 511. The fourth-order valence-corrected chi connectivity index (χ4v) is 2.59. The molecule has 1 atom stereocenters. The van der Waals surface area contributed by atoms with E-state index in [1.165, 1.54) is 6.92 Å². The summed E-state index contributed by atoms with van der Waals surface area (Å²) in [4.78, 5) is 25.8. The molecular weight excluding hydrogens is 252 g/mol. The zero-order valence-electron chi connectivity index (χ0n) is 12.3. The maximum atomic E-state index is 12.3. The van der Waals surface area contributed by atoms with E-state index in [4.69, 9.17) is 0 Å². The van der Waals surface area contributed by atoms with Crippen LogP contribution in [-0.2, 0) is 16.0 Å². The van der Waals surface area contributed by atoms with Gasteiger partial charge in [-0.15, -0.1) is 0 Å². The largest absolute Gasteiger partial charge is 0.354 e. The molecule has 0 radical (unpaired) electrons. The van der Waals surface area contributed by atoms with Gasteiger partial charge in [0.15, 0.2) is 0 Å². The Morgan fingerprint density at radius 3 is 2.70 bits per heavy atom. The van der Waals surface area contributed by atoms with Crippen molar-refractivity contribution in [2.45, 2.75) is 39.7 Å². The average Bonchev–Trinajstić information content (AvgIpc) is 2.77. The third-order valence-corrected chi connectivity index (χ3v) is 3.64. The first-order valence-electron chi connectivity index (χ1n) is 7.16. The Morgan fingerprint density at radius 2 is 2.05 bits per heavy atom. The minimum Gasteiger partial charge on any atom is -0.354 e. The van der Waals surface area contributed by atoms with Crippen LogP contribution < -0.4 is 10.2 Å². The highest BCUT2D eigenvalue weighted by atomic mass is 16.2. The van der Waals surface area contributed by atoms with Gasteiger partial charge in [0, 0.05) is 25.6 Å². The van der Waals surface area contributed by atoms with Gasteiger partial charge in [0.25, 0.3) is 0 Å². The fraction of sp³-hybridized carbons (Fsp3) is 0.500. The summed E-state index contributed by atoms with van der Waals surface area (Å²) in [5, 5.41) is 2.94. The van der Waals surface area contributed by atoms with Crippen molar-refractivity contribution in [3.63, 3.8) is 0 Å². The van der Waals surface area contributed by atoms with Crippen LogP contribution in [0.4, 0.5) is 5.69 Å². The maximum absolute atomic E-state index is 12.3. The van der Waals surface area contributed by atoms with Gasteiger partial charge in [0.2, 0.25) is 11.8 Å². The van der Waals surface area contributed by atoms with Crippen molar-refractivity contribution in [1.29, 1.82) is 0 Å². The van der Waals surface area contributed by atoms with E-state index in [0.717, 1.165) is 17.7 Å². The van der Waals surface area contributed by atoms with Gasteiger partial charge in [-0.05, 0) is 24.0 Å². The van der Waals surface area contributed by atoms with Crippen LogP contribution in [0.15, 0.2) is 24.3 Å². The second-order valence-corrected chi connectivity index (χ2v) is 5.71. The smallest absolute Gasteiger partial charge is 0.243 e. The Hall–Kier alpha value is -1.84. The molecule has 2 amide bonds. The molecule has 1 aromatic carbocycles. The number of rotatable bonds is 4. The quantitative estimate of drug-likeness (QED) is 0.914. The highest BCUT2D eigenvalue weighted by Crippen LogP contribution is 2.32. The molecule has 1 heterocycles. The van der Waals surface area contributed by atoms with E-state index in [-0.39, 0.29) is 11.8 Å². The third kappa shape index (κ3) is 3.00. The highest BCUT2D eigenvalue weighted by molar-refractivity contribution is 6.02. The van der Waals surface area contributed by atoms with Gasteiger partial charge in [-0.2, -0.15) is 0 Å². The number of anilines is 1. The van der Waals surface area contributed by atoms with E-state index in [0.29, 0.717) is 18.9 Å². The zero-order valence-corrected chi connectivity index (χ0v) is 12.3. The van der Waals surface area contributed by atoms with Crippen molar-refractivity contribution >= 4 is 17.5 Å². The lowest BCUT2D eigenvalue weighted by Crippen LogP contribution is -2.47. The molecule has 1 aromatic rings. The molecule has 1 N–H and O–H groups in total. The van der Waals surface area contributed by atoms with Gasteiger partial charge < -0.3 is 5.32 Å². The normalized spacial score (nSPS) is 17.2. The van der Waals surface area contributed by atoms with Gasteiger partial charge in [-0.3, -0.25) is 14.5 Å². The van der Waals surface area contributed by atoms with Gasteiger partial charge >= 0.3 is 0 Å². The summed E-state index contributed by atoms with van der Waals surface area (Å²) in [6, 6.07) is 7.31. The number of hydrogen-bond acceptors (Lipinski definition) is 2. The molecule has 4 nitrogen and oxygen atoms in total. The van der Waals surface area contributed by atoms with E-state index in [1.807, 2.05) is 24.3 Å². The van der Waals surface area contributed by atoms with Crippen molar-refractivity contribution in [1.82, 2.24) is 5.32 Å². The van der Waals surface area contributed by atoms with E-state index in [1.54, 1.807) is 4.90 Å². The number of amides is 2. The van der Waals surface area contributed by atoms with Crippen molar-refractivity contribution in [2.75, 3.05) is 11.4 Å². The van der Waals surface area contributed by atoms with Gasteiger partial charge in [0.1, 0.15) is 6.04 Å². The van der Waals surface area contributed by atoms with Crippen LogP contribution in [0.1, 0.15) is 32.8 Å². The summed E-state index contributed by atoms with van der Waals surface area (Å²) in [5.74, 6) is 0.413. The number of carbonyl (C=O) groups is 2. The summed E-state index contributed by atoms with van der Waals surface area (Å²) >= 11 is 0. The molecule has 0 bridgehead atoms. The first-order chi connectivity index (χ1) is 9.50. The molecule has 1 aliphatic rings. The molecule has 4 heteroatoms. The number of nitrogens with one attached hydrogen (secondary N) is 1. The summed E-state index contributed by atoms with van der Waals surface area (Å²) in [7, 11) is 0. The average molecular weight is 274 g/mol. The van der Waals surface area contributed by atoms with Crippen molar-refractivity contribution in [3.05, 3.63) is 29.8 Å². The molecule has 2 rings (SSSR count). The second kappa shape index (κ2) is 6.07. The summed E-state index contributed by atoms with van der Waals surface area (Å²) in [5.41, 5.74) is 1.93. The fourth-order valence-electron chi connectivity index (χ4n) is 2.59. The van der Waals surface area contributed by atoms with Crippen molar-refractivity contribution < 1.29 is 9.59 Å². The number of hydrogen-bond donors (Lipinski definition) is 1. The van der Waals surface area contributed by atoms with Crippen LogP contribution in [0.3, 0.4) is 0 Å². The molecule has 0 aromatic heterocycles. The lowest BCUT2D eigenvalue weighted by atomic mass is 10.1. The lowest BCUT2D eigenvalue weighted by Gasteiger charge is -2.23. The standard InChI is InChI=1S/C16H22N2O2/c1-11(2)8-9-17-16(20)15-10-13-6-4-5-7-14(13)18(15)12(3)19/h4-7,11,15H,8-10H2,1-3H3,(H,17,20)/t15-/m0/s1. The number of fused-ring (bicyclic) bond motifs is 1. The highest BCUT2D eigenvalue weighted by Gasteiger charge is 2.36. The van der Waals surface area contributed by atoms with Gasteiger partial charge in [-0.1, -0.05) is 32.0 Å². The van der Waals surface area contributed by atoms with E-state index in [2.05, 4.69) is 19.2 Å². The molecule has 20 heavy (non-hydrogen) atoms. The molecule has 0 saturated carbocycles. The number of para-hydroxylation sites is 1. The molecule has 0 fully saturated rings. The molecule has 0 unspecified atom stereocenters. The number of benzene rings is 1. The van der Waals surface area contributed by atoms with E-state index < -0.39 is 6.04 Å². The topological polar surface area (TPSA) is 49.4 Å². The monoisotopic (exact) mass is 274 g/mol. The molecule has 0 spiro atoms. The number of nitrogens with zero attached hydrogens (tertiary/aromatic N) is 1. The van der Waals surface area contributed by atoms with E-state index >= 15 is 0 Å². The first-order valence-corrected chi connectivity index (χ1v) is 7.16. The van der Waals surface area contributed by atoms with Crippen molar-refractivity contribution in [3.8, 4) is 0 Å². The Labute approximate surface area is 120 Å². The molecule has 0 aliphatic carbocycles. The zero-order chi connectivity index (χ0) is 14.7. The predicted molar refractivity (Wildman–Crippen MR) is 79.6 cm³/mol. The molecule has 108 valence electrons. The van der Waals surface area contributed by atoms with Crippen LogP contribution >= 0.6 is 0 Å². The predicted octanol–water partition coefficient (Wildman–Crippen LogP) is 2.13. The van der Waals surface area contributed by atoms with Gasteiger partial charge in [-0.25, -0.2) is 0 Å². The Balaban J connectivity index is 2.09. The van der Waals surface area contributed by atoms with Crippen LogP contribution in [-0.4, -0.2) is 24.4 Å². The third-order valence-electron chi connectivity index (χ3n) is 3.64. The summed E-state index contributed by atoms with van der Waals surface area (Å²) in [6.07, 6.45) is 1.55. The second-order valence-electron chi connectivity index (χ2n) is 5.71. The summed E-state index contributed by atoms with van der Waals surface area (Å²) < 4.78 is 0. The van der Waals surface area contributed by atoms with Crippen LogP contribution in [0, 0.1) is 5.92 Å². The van der Waals surface area contributed by atoms with Crippen LogP contribution in [0.2, 0.25) is 0 Å².